The zero-order valence-electron chi connectivity index (χ0n) is 13.9. The van der Waals surface area contributed by atoms with E-state index >= 15 is 0 Å². The van der Waals surface area contributed by atoms with Gasteiger partial charge in [0.2, 0.25) is 0 Å². The molecule has 0 amide bonds. The lowest BCUT2D eigenvalue weighted by molar-refractivity contribution is 0.0992. The fraction of sp³-hybridized carbons (Fsp3) is 0.667. The van der Waals surface area contributed by atoms with Crippen LogP contribution in [0.5, 0.6) is 0 Å². The Bertz CT molecular complexity index is 495. The number of nitrogens with one attached hydrogen (secondary N) is 1. The lowest BCUT2D eigenvalue weighted by Gasteiger charge is -2.28. The Morgan fingerprint density at radius 3 is 2.52 bits per heavy atom. The Labute approximate surface area is 136 Å². The predicted octanol–water partition coefficient (Wildman–Crippen LogP) is 3.64. The normalized spacial score (nSPS) is 12.0. The average Bonchev–Trinajstić information content (AvgIpc) is 2.70. The molecule has 0 saturated heterocycles. The average molecular weight is 330 g/mol. The molecule has 0 aliphatic carbocycles. The lowest BCUT2D eigenvalue weighted by Crippen LogP contribution is -2.34. The predicted molar refractivity (Wildman–Crippen MR) is 96.0 cm³/mol. The van der Waals surface area contributed by atoms with E-state index in [1.807, 2.05) is 13.2 Å². The molecule has 0 aliphatic heterocycles. The second-order valence-corrected chi connectivity index (χ2v) is 8.08. The number of hydrogen-bond acceptors (Lipinski definition) is 6. The highest BCUT2D eigenvalue weighted by Crippen LogP contribution is 2.42. The minimum atomic E-state index is 0.119. The highest BCUT2D eigenvalue weighted by molar-refractivity contribution is 7.99. The maximum absolute atomic E-state index is 11.9. The first-order chi connectivity index (χ1) is 9.71. The first-order valence-corrected chi connectivity index (χ1v) is 9.14. The van der Waals surface area contributed by atoms with Crippen molar-refractivity contribution in [2.45, 2.75) is 32.1 Å². The molecular formula is C15H27N3OS2. The monoisotopic (exact) mass is 329 g/mol. The fourth-order valence-electron chi connectivity index (χ4n) is 2.35. The van der Waals surface area contributed by atoms with Crippen LogP contribution in [0.3, 0.4) is 0 Å². The molecule has 0 atom stereocenters. The molecule has 1 heterocycles. The highest BCUT2D eigenvalue weighted by atomic mass is 32.2. The summed E-state index contributed by atoms with van der Waals surface area (Å²) in [5.41, 5.74) is 6.91. The van der Waals surface area contributed by atoms with Crippen molar-refractivity contribution in [3.63, 3.8) is 0 Å². The molecule has 3 N–H and O–H groups in total. The summed E-state index contributed by atoms with van der Waals surface area (Å²) in [6, 6.07) is 0. The van der Waals surface area contributed by atoms with Crippen molar-refractivity contribution in [1.29, 1.82) is 0 Å². The third-order valence-corrected chi connectivity index (χ3v) is 5.32. The third-order valence-electron chi connectivity index (χ3n) is 3.15. The lowest BCUT2D eigenvalue weighted by atomic mass is 9.93. The summed E-state index contributed by atoms with van der Waals surface area (Å²) in [6.45, 7) is 8.17. The van der Waals surface area contributed by atoms with E-state index in [1.165, 1.54) is 11.3 Å². The van der Waals surface area contributed by atoms with Gasteiger partial charge in [-0.1, -0.05) is 20.8 Å². The maximum atomic E-state index is 11.9. The van der Waals surface area contributed by atoms with Gasteiger partial charge in [0, 0.05) is 19.5 Å². The molecule has 1 aromatic heterocycles. The number of carbonyl (C=O) groups excluding carboxylic acids is 1. The molecule has 120 valence electrons. The zero-order chi connectivity index (χ0) is 16.2. The highest BCUT2D eigenvalue weighted by Gasteiger charge is 2.23. The SMILES string of the molecule is CCC(=O)c1sc(NCC(C)(C)CN(C)C)c(SC)c1N. The number of thiophene rings is 1. The van der Waals surface area contributed by atoms with E-state index in [2.05, 4.69) is 38.2 Å². The molecule has 6 heteroatoms. The van der Waals surface area contributed by atoms with Crippen LogP contribution in [-0.4, -0.2) is 44.1 Å². The van der Waals surface area contributed by atoms with Gasteiger partial charge in [0.05, 0.1) is 15.5 Å². The smallest absolute Gasteiger partial charge is 0.174 e. The maximum Gasteiger partial charge on any atom is 0.174 e. The van der Waals surface area contributed by atoms with Gasteiger partial charge in [-0.25, -0.2) is 0 Å². The molecule has 0 fully saturated rings. The van der Waals surface area contributed by atoms with E-state index in [9.17, 15) is 4.79 Å². The Morgan fingerprint density at radius 1 is 1.43 bits per heavy atom. The minimum absolute atomic E-state index is 0.119. The summed E-state index contributed by atoms with van der Waals surface area (Å²) in [4.78, 5) is 15.8. The van der Waals surface area contributed by atoms with E-state index in [1.54, 1.807) is 11.8 Å². The van der Waals surface area contributed by atoms with Crippen molar-refractivity contribution < 1.29 is 4.79 Å². The summed E-state index contributed by atoms with van der Waals surface area (Å²) < 4.78 is 0. The third kappa shape index (κ3) is 4.90. The summed E-state index contributed by atoms with van der Waals surface area (Å²) >= 11 is 3.08. The minimum Gasteiger partial charge on any atom is -0.396 e. The molecule has 0 aliphatic rings. The first-order valence-electron chi connectivity index (χ1n) is 7.10. The number of Topliss-reactive ketones (excluding diaryl/α,β-unsaturated/α-hetero) is 1. The van der Waals surface area contributed by atoms with Crippen LogP contribution in [0.25, 0.3) is 0 Å². The number of ketones is 1. The van der Waals surface area contributed by atoms with Crippen molar-refractivity contribution in [2.24, 2.45) is 5.41 Å². The van der Waals surface area contributed by atoms with Crippen LogP contribution >= 0.6 is 23.1 Å². The van der Waals surface area contributed by atoms with Crippen molar-refractivity contribution in [3.8, 4) is 0 Å². The van der Waals surface area contributed by atoms with Gasteiger partial charge >= 0.3 is 0 Å². The van der Waals surface area contributed by atoms with Gasteiger partial charge in [-0.2, -0.15) is 0 Å². The van der Waals surface area contributed by atoms with Crippen molar-refractivity contribution in [2.75, 3.05) is 44.5 Å². The molecule has 1 rings (SSSR count). The van der Waals surface area contributed by atoms with Crippen molar-refractivity contribution in [3.05, 3.63) is 4.88 Å². The van der Waals surface area contributed by atoms with E-state index in [-0.39, 0.29) is 11.2 Å². The van der Waals surface area contributed by atoms with E-state index in [0.29, 0.717) is 17.0 Å². The number of nitrogen functional groups attached to an aromatic ring is 1. The molecule has 0 spiro atoms. The van der Waals surface area contributed by atoms with E-state index in [0.717, 1.165) is 23.0 Å². The number of nitrogens with two attached hydrogens (primary N) is 1. The molecule has 0 radical (unpaired) electrons. The van der Waals surface area contributed by atoms with Crippen LogP contribution in [0, 0.1) is 5.41 Å². The Morgan fingerprint density at radius 2 is 2.05 bits per heavy atom. The van der Waals surface area contributed by atoms with E-state index < -0.39 is 0 Å². The molecule has 4 nitrogen and oxygen atoms in total. The fourth-order valence-corrected chi connectivity index (χ4v) is 4.39. The Kier molecular flexibility index (Phi) is 6.56. The molecule has 0 unspecified atom stereocenters. The molecule has 0 bridgehead atoms. The van der Waals surface area contributed by atoms with Crippen LogP contribution in [-0.2, 0) is 0 Å². The van der Waals surface area contributed by atoms with Crippen LogP contribution in [0.1, 0.15) is 36.9 Å². The van der Waals surface area contributed by atoms with Crippen LogP contribution in [0.2, 0.25) is 0 Å². The number of nitrogens with zero attached hydrogens (tertiary/aromatic N) is 1. The first kappa shape index (κ1) is 18.3. The topological polar surface area (TPSA) is 58.4 Å². The number of hydrogen-bond donors (Lipinski definition) is 2. The van der Waals surface area contributed by atoms with Crippen LogP contribution in [0.4, 0.5) is 10.7 Å². The summed E-state index contributed by atoms with van der Waals surface area (Å²) in [5, 5.41) is 4.51. The second kappa shape index (κ2) is 7.51. The van der Waals surface area contributed by atoms with Crippen LogP contribution in [0.15, 0.2) is 4.90 Å². The quantitative estimate of drug-likeness (QED) is 0.563. The number of anilines is 2. The molecule has 21 heavy (non-hydrogen) atoms. The molecule has 0 saturated carbocycles. The van der Waals surface area contributed by atoms with Gasteiger partial charge in [-0.3, -0.25) is 4.79 Å². The van der Waals surface area contributed by atoms with Crippen molar-refractivity contribution in [1.82, 2.24) is 4.90 Å². The van der Waals surface area contributed by atoms with Gasteiger partial charge in [-0.05, 0) is 25.8 Å². The number of carbonyl (C=O) groups is 1. The number of rotatable bonds is 8. The summed E-state index contributed by atoms with van der Waals surface area (Å²) in [5.74, 6) is 0.119. The van der Waals surface area contributed by atoms with E-state index in [4.69, 9.17) is 5.73 Å². The summed E-state index contributed by atoms with van der Waals surface area (Å²) in [6.07, 6.45) is 2.48. The molecular weight excluding hydrogens is 302 g/mol. The zero-order valence-corrected chi connectivity index (χ0v) is 15.5. The molecule has 1 aromatic rings. The van der Waals surface area contributed by atoms with Gasteiger partial charge in [0.25, 0.3) is 0 Å². The summed E-state index contributed by atoms with van der Waals surface area (Å²) in [7, 11) is 4.16. The Hall–Kier alpha value is -0.720. The molecule has 0 aromatic carbocycles. The van der Waals surface area contributed by atoms with Crippen LogP contribution < -0.4 is 11.1 Å². The van der Waals surface area contributed by atoms with Gasteiger partial charge < -0.3 is 16.0 Å². The van der Waals surface area contributed by atoms with Gasteiger partial charge in [0.1, 0.15) is 5.00 Å². The van der Waals surface area contributed by atoms with Gasteiger partial charge in [-0.15, -0.1) is 23.1 Å². The number of thioether (sulfide) groups is 1. The second-order valence-electron chi connectivity index (χ2n) is 6.24. The standard InChI is InChI=1S/C15H27N3OS2/c1-7-10(19)12-11(16)13(20-6)14(21-12)17-8-15(2,3)9-18(4)5/h17H,7-9,16H2,1-6H3. The van der Waals surface area contributed by atoms with Crippen molar-refractivity contribution >= 4 is 39.6 Å². The van der Waals surface area contributed by atoms with Gasteiger partial charge in [0.15, 0.2) is 5.78 Å². The largest absolute Gasteiger partial charge is 0.396 e. The Balaban J connectivity index is 2.91.